The van der Waals surface area contributed by atoms with Crippen LogP contribution in [-0.2, 0) is 4.79 Å². The molecule has 1 aromatic heterocycles. The van der Waals surface area contributed by atoms with E-state index in [9.17, 15) is 4.79 Å². The summed E-state index contributed by atoms with van der Waals surface area (Å²) in [5.74, 6) is -0.0459. The van der Waals surface area contributed by atoms with Crippen molar-refractivity contribution in [3.8, 4) is 0 Å². The lowest BCUT2D eigenvalue weighted by atomic mass is 10.1. The molecule has 6 nitrogen and oxygen atoms in total. The van der Waals surface area contributed by atoms with E-state index < -0.39 is 6.04 Å². The predicted octanol–water partition coefficient (Wildman–Crippen LogP) is 1.32. The van der Waals surface area contributed by atoms with Gasteiger partial charge in [0.05, 0.1) is 0 Å². The summed E-state index contributed by atoms with van der Waals surface area (Å²) in [6.07, 6.45) is 5.97. The quantitative estimate of drug-likeness (QED) is 0.910. The maximum absolute atomic E-state index is 12.6. The minimum Gasteiger partial charge on any atom is -0.351 e. The number of carbonyl (C=O) groups excluding carboxylic acids is 1. The molecule has 1 saturated carbocycles. The largest absolute Gasteiger partial charge is 0.351 e. The Bertz CT molecular complexity index is 548. The Morgan fingerprint density at radius 2 is 2.00 bits per heavy atom. The van der Waals surface area contributed by atoms with Crippen LogP contribution in [0.15, 0.2) is 36.7 Å². The minimum atomic E-state index is -0.508. The summed E-state index contributed by atoms with van der Waals surface area (Å²) in [5, 5.41) is 14.3. The minimum absolute atomic E-state index is 0.0459. The molecule has 1 unspecified atom stereocenters. The first-order valence-corrected chi connectivity index (χ1v) is 6.92. The van der Waals surface area contributed by atoms with E-state index in [2.05, 4.69) is 20.8 Å². The highest BCUT2D eigenvalue weighted by molar-refractivity contribution is 5.83. The van der Waals surface area contributed by atoms with Crippen molar-refractivity contribution in [1.82, 2.24) is 25.5 Å². The molecule has 20 heavy (non-hydrogen) atoms. The molecule has 0 aliphatic heterocycles. The average molecular weight is 271 g/mol. The van der Waals surface area contributed by atoms with Crippen molar-refractivity contribution < 1.29 is 4.79 Å². The number of carbonyl (C=O) groups is 1. The Morgan fingerprint density at radius 3 is 2.65 bits per heavy atom. The van der Waals surface area contributed by atoms with Crippen LogP contribution >= 0.6 is 0 Å². The van der Waals surface area contributed by atoms with Crippen molar-refractivity contribution in [1.29, 1.82) is 0 Å². The van der Waals surface area contributed by atoms with Gasteiger partial charge in [-0.05, 0) is 28.8 Å². The molecule has 1 amide bonds. The molecule has 1 atom stereocenters. The van der Waals surface area contributed by atoms with Crippen molar-refractivity contribution in [2.75, 3.05) is 0 Å². The topological polar surface area (TPSA) is 72.7 Å². The number of rotatable bonds is 4. The molecule has 1 aliphatic rings. The van der Waals surface area contributed by atoms with Crippen LogP contribution in [0.2, 0.25) is 0 Å². The maximum atomic E-state index is 12.6. The zero-order valence-electron chi connectivity index (χ0n) is 11.1. The monoisotopic (exact) mass is 271 g/mol. The van der Waals surface area contributed by atoms with Gasteiger partial charge in [0.15, 0.2) is 6.04 Å². The second-order valence-electron chi connectivity index (χ2n) is 5.09. The molecule has 0 bridgehead atoms. The molecule has 1 aliphatic carbocycles. The number of benzene rings is 1. The van der Waals surface area contributed by atoms with E-state index in [-0.39, 0.29) is 11.9 Å². The first-order chi connectivity index (χ1) is 9.84. The molecule has 0 spiro atoms. The van der Waals surface area contributed by atoms with Crippen LogP contribution in [0.1, 0.15) is 37.3 Å². The summed E-state index contributed by atoms with van der Waals surface area (Å²) in [5.41, 5.74) is 0.885. The number of aromatic nitrogens is 4. The number of hydrogen-bond acceptors (Lipinski definition) is 4. The average Bonchev–Trinajstić information content (AvgIpc) is 3.14. The van der Waals surface area contributed by atoms with Gasteiger partial charge in [0, 0.05) is 6.04 Å². The highest BCUT2D eigenvalue weighted by Crippen LogP contribution is 2.21. The van der Waals surface area contributed by atoms with E-state index in [4.69, 9.17) is 0 Å². The number of hydrogen-bond donors (Lipinski definition) is 1. The summed E-state index contributed by atoms with van der Waals surface area (Å²) in [6, 6.07) is 9.36. The molecule has 104 valence electrons. The van der Waals surface area contributed by atoms with Crippen LogP contribution in [0.5, 0.6) is 0 Å². The third-order valence-electron chi connectivity index (χ3n) is 3.69. The summed E-state index contributed by atoms with van der Waals surface area (Å²) in [4.78, 5) is 12.6. The molecule has 1 aromatic carbocycles. The summed E-state index contributed by atoms with van der Waals surface area (Å²) >= 11 is 0. The van der Waals surface area contributed by atoms with Gasteiger partial charge in [0.1, 0.15) is 6.33 Å². The third kappa shape index (κ3) is 2.68. The van der Waals surface area contributed by atoms with Crippen molar-refractivity contribution >= 4 is 5.91 Å². The Balaban J connectivity index is 1.84. The van der Waals surface area contributed by atoms with E-state index in [0.717, 1.165) is 18.4 Å². The molecule has 2 aromatic rings. The highest BCUT2D eigenvalue weighted by atomic mass is 16.2. The van der Waals surface area contributed by atoms with E-state index in [0.29, 0.717) is 0 Å². The van der Waals surface area contributed by atoms with Gasteiger partial charge in [-0.2, -0.15) is 0 Å². The van der Waals surface area contributed by atoms with Crippen molar-refractivity contribution in [3.63, 3.8) is 0 Å². The zero-order valence-corrected chi connectivity index (χ0v) is 11.1. The molecule has 0 saturated heterocycles. The third-order valence-corrected chi connectivity index (χ3v) is 3.69. The second kappa shape index (κ2) is 5.81. The second-order valence-corrected chi connectivity index (χ2v) is 5.09. The number of nitrogens with one attached hydrogen (secondary N) is 1. The Morgan fingerprint density at radius 1 is 1.25 bits per heavy atom. The molecule has 1 heterocycles. The Kier molecular flexibility index (Phi) is 3.71. The van der Waals surface area contributed by atoms with Crippen LogP contribution in [0, 0.1) is 0 Å². The lowest BCUT2D eigenvalue weighted by Gasteiger charge is -2.19. The van der Waals surface area contributed by atoms with Gasteiger partial charge < -0.3 is 5.32 Å². The molecule has 1 N–H and O–H groups in total. The lowest BCUT2D eigenvalue weighted by Crippen LogP contribution is -2.39. The van der Waals surface area contributed by atoms with E-state index in [1.54, 1.807) is 0 Å². The fourth-order valence-electron chi connectivity index (χ4n) is 2.70. The highest BCUT2D eigenvalue weighted by Gasteiger charge is 2.26. The van der Waals surface area contributed by atoms with Gasteiger partial charge in [-0.25, -0.2) is 4.68 Å². The van der Waals surface area contributed by atoms with E-state index >= 15 is 0 Å². The van der Waals surface area contributed by atoms with Gasteiger partial charge in [-0.3, -0.25) is 4.79 Å². The fraction of sp³-hybridized carbons (Fsp3) is 0.429. The summed E-state index contributed by atoms with van der Waals surface area (Å²) in [7, 11) is 0. The summed E-state index contributed by atoms with van der Waals surface area (Å²) < 4.78 is 1.50. The predicted molar refractivity (Wildman–Crippen MR) is 72.8 cm³/mol. The number of nitrogens with zero attached hydrogens (tertiary/aromatic N) is 4. The molecular formula is C14H17N5O. The lowest BCUT2D eigenvalue weighted by molar-refractivity contribution is -0.124. The van der Waals surface area contributed by atoms with Gasteiger partial charge in [0.2, 0.25) is 5.91 Å². The van der Waals surface area contributed by atoms with E-state index in [1.807, 2.05) is 30.3 Å². The molecule has 1 fully saturated rings. The normalized spacial score (nSPS) is 17.0. The van der Waals surface area contributed by atoms with Gasteiger partial charge in [-0.15, -0.1) is 5.10 Å². The first kappa shape index (κ1) is 12.8. The van der Waals surface area contributed by atoms with E-state index in [1.165, 1.54) is 23.9 Å². The van der Waals surface area contributed by atoms with Crippen LogP contribution < -0.4 is 5.32 Å². The molecule has 6 heteroatoms. The van der Waals surface area contributed by atoms with Gasteiger partial charge in [-0.1, -0.05) is 43.2 Å². The number of amides is 1. The summed E-state index contributed by atoms with van der Waals surface area (Å²) in [6.45, 7) is 0. The first-order valence-electron chi connectivity index (χ1n) is 6.92. The molecule has 0 radical (unpaired) electrons. The standard InChI is InChI=1S/C14H17N5O/c20-14(16-12-8-4-5-9-12)13(19-10-15-17-18-19)11-6-2-1-3-7-11/h1-3,6-7,10,12-13H,4-5,8-9H2,(H,16,20). The smallest absolute Gasteiger partial charge is 0.249 e. The molecule has 3 rings (SSSR count). The number of tetrazole rings is 1. The zero-order chi connectivity index (χ0) is 13.8. The van der Waals surface area contributed by atoms with Crippen LogP contribution in [-0.4, -0.2) is 32.2 Å². The van der Waals surface area contributed by atoms with Crippen molar-refractivity contribution in [2.24, 2.45) is 0 Å². The van der Waals surface area contributed by atoms with Crippen LogP contribution in [0.25, 0.3) is 0 Å². The Labute approximate surface area is 117 Å². The maximum Gasteiger partial charge on any atom is 0.249 e. The van der Waals surface area contributed by atoms with Crippen LogP contribution in [0.4, 0.5) is 0 Å². The SMILES string of the molecule is O=C(NC1CCCC1)C(c1ccccc1)n1cnnn1. The fourth-order valence-corrected chi connectivity index (χ4v) is 2.70. The Hall–Kier alpha value is -2.24. The van der Waals surface area contributed by atoms with Crippen molar-refractivity contribution in [2.45, 2.75) is 37.8 Å². The van der Waals surface area contributed by atoms with Gasteiger partial charge in [0.25, 0.3) is 0 Å². The molecular weight excluding hydrogens is 254 g/mol. The van der Waals surface area contributed by atoms with Crippen LogP contribution in [0.3, 0.4) is 0 Å². The van der Waals surface area contributed by atoms with Gasteiger partial charge >= 0.3 is 0 Å². The van der Waals surface area contributed by atoms with Crippen molar-refractivity contribution in [3.05, 3.63) is 42.2 Å².